The van der Waals surface area contributed by atoms with Gasteiger partial charge < -0.3 is 0 Å². The topological polar surface area (TPSA) is 43.6 Å². The third-order valence-electron chi connectivity index (χ3n) is 2.70. The number of tetrazole rings is 1. The van der Waals surface area contributed by atoms with Crippen LogP contribution in [0.25, 0.3) is 6.08 Å². The van der Waals surface area contributed by atoms with Gasteiger partial charge in [-0.15, -0.1) is 10.2 Å². The van der Waals surface area contributed by atoms with E-state index in [1.165, 1.54) is 12.8 Å². The molecule has 0 saturated carbocycles. The molecule has 1 heterocycles. The van der Waals surface area contributed by atoms with Gasteiger partial charge in [-0.3, -0.25) is 0 Å². The predicted molar refractivity (Wildman–Crippen MR) is 79.1 cm³/mol. The highest BCUT2D eigenvalue weighted by atomic mass is 32.2. The fourth-order valence-corrected chi connectivity index (χ4v) is 2.45. The van der Waals surface area contributed by atoms with Gasteiger partial charge in [0.2, 0.25) is 5.16 Å². The van der Waals surface area contributed by atoms with Gasteiger partial charge in [0.25, 0.3) is 0 Å². The van der Waals surface area contributed by atoms with E-state index < -0.39 is 0 Å². The molecule has 100 valence electrons. The molecule has 0 atom stereocenters. The molecule has 2 aromatic rings. The molecule has 2 rings (SSSR count). The Balaban J connectivity index is 1.93. The van der Waals surface area contributed by atoms with Crippen LogP contribution >= 0.6 is 11.8 Å². The van der Waals surface area contributed by atoms with Crippen molar-refractivity contribution in [3.63, 3.8) is 0 Å². The zero-order valence-electron chi connectivity index (χ0n) is 11.1. The molecule has 1 aromatic carbocycles. The summed E-state index contributed by atoms with van der Waals surface area (Å²) >= 11 is 1.66. The number of aromatic nitrogens is 4. The molecule has 5 heteroatoms. The molecule has 0 spiro atoms. The molecule has 4 nitrogen and oxygen atoms in total. The third-order valence-corrected chi connectivity index (χ3v) is 3.62. The van der Waals surface area contributed by atoms with E-state index in [1.807, 2.05) is 18.2 Å². The van der Waals surface area contributed by atoms with E-state index in [4.69, 9.17) is 0 Å². The second-order valence-electron chi connectivity index (χ2n) is 4.25. The van der Waals surface area contributed by atoms with E-state index in [9.17, 15) is 0 Å². The minimum absolute atomic E-state index is 0.652. The molecule has 1 aromatic heterocycles. The van der Waals surface area contributed by atoms with Crippen LogP contribution in [0.15, 0.2) is 36.0 Å². The monoisotopic (exact) mass is 274 g/mol. The van der Waals surface area contributed by atoms with E-state index in [0.29, 0.717) is 6.54 Å². The summed E-state index contributed by atoms with van der Waals surface area (Å²) in [5.41, 5.74) is 2.28. The Morgan fingerprint density at radius 2 is 2.11 bits per heavy atom. The molecular weight excluding hydrogens is 256 g/mol. The first-order chi connectivity index (χ1) is 9.31. The molecule has 0 amide bonds. The number of rotatable bonds is 7. The lowest BCUT2D eigenvalue weighted by Crippen LogP contribution is -2.03. The molecule has 0 unspecified atom stereocenters. The van der Waals surface area contributed by atoms with E-state index in [2.05, 4.69) is 41.0 Å². The normalized spacial score (nSPS) is 10.6. The maximum absolute atomic E-state index is 4.36. The largest absolute Gasteiger partial charge is 0.231 e. The van der Waals surface area contributed by atoms with Crippen molar-refractivity contribution in [1.29, 1.82) is 0 Å². The Bertz CT molecular complexity index is 518. The number of nitrogens with zero attached hydrogens (tertiary/aromatic N) is 4. The maximum atomic E-state index is 4.36. The zero-order chi connectivity index (χ0) is 13.5. The summed E-state index contributed by atoms with van der Waals surface area (Å²) in [6.07, 6.45) is 4.21. The third kappa shape index (κ3) is 4.21. The summed E-state index contributed by atoms with van der Waals surface area (Å²) in [6.45, 7) is 6.57. The Labute approximate surface area is 117 Å². The van der Waals surface area contributed by atoms with E-state index in [-0.39, 0.29) is 0 Å². The van der Waals surface area contributed by atoms with Crippen LogP contribution in [0.5, 0.6) is 0 Å². The maximum Gasteiger partial charge on any atom is 0.231 e. The Morgan fingerprint density at radius 1 is 1.32 bits per heavy atom. The van der Waals surface area contributed by atoms with Gasteiger partial charge in [-0.1, -0.05) is 62.0 Å². The zero-order valence-corrected chi connectivity index (χ0v) is 11.9. The number of hydrogen-bond donors (Lipinski definition) is 0. The number of benzene rings is 1. The number of unbranched alkanes of at least 4 members (excludes halogenated alkanes) is 1. The van der Waals surface area contributed by atoms with Gasteiger partial charge in [-0.2, -0.15) is 4.80 Å². The first-order valence-corrected chi connectivity index (χ1v) is 7.42. The second-order valence-corrected chi connectivity index (χ2v) is 5.31. The summed E-state index contributed by atoms with van der Waals surface area (Å²) in [5.74, 6) is 1.05. The summed E-state index contributed by atoms with van der Waals surface area (Å²) < 4.78 is 0. The molecule has 0 fully saturated rings. The van der Waals surface area contributed by atoms with E-state index >= 15 is 0 Å². The van der Waals surface area contributed by atoms with Crippen molar-refractivity contribution in [3.05, 3.63) is 42.0 Å². The molecule has 0 aliphatic carbocycles. The van der Waals surface area contributed by atoms with Crippen molar-refractivity contribution < 1.29 is 0 Å². The van der Waals surface area contributed by atoms with Crippen molar-refractivity contribution in [3.8, 4) is 0 Å². The first kappa shape index (κ1) is 13.8. The average molecular weight is 274 g/mol. The fraction of sp³-hybridized carbons (Fsp3) is 0.357. The van der Waals surface area contributed by atoms with Crippen LogP contribution in [0.1, 0.15) is 30.9 Å². The fourth-order valence-electron chi connectivity index (χ4n) is 1.58. The smallest absolute Gasteiger partial charge is 0.159 e. The van der Waals surface area contributed by atoms with Crippen LogP contribution in [-0.2, 0) is 6.54 Å². The second kappa shape index (κ2) is 7.09. The highest BCUT2D eigenvalue weighted by Gasteiger charge is 2.03. The number of hydrogen-bond acceptors (Lipinski definition) is 4. The van der Waals surface area contributed by atoms with Gasteiger partial charge in [-0.25, -0.2) is 0 Å². The Hall–Kier alpha value is -1.62. The quantitative estimate of drug-likeness (QED) is 0.574. The van der Waals surface area contributed by atoms with Gasteiger partial charge in [0.05, 0.1) is 6.54 Å². The molecule has 0 aliphatic heterocycles. The van der Waals surface area contributed by atoms with Crippen LogP contribution in [0.2, 0.25) is 0 Å². The van der Waals surface area contributed by atoms with Gasteiger partial charge in [0.15, 0.2) is 0 Å². The van der Waals surface area contributed by atoms with Crippen molar-refractivity contribution in [2.24, 2.45) is 0 Å². The summed E-state index contributed by atoms with van der Waals surface area (Å²) in [6, 6.07) is 8.20. The highest BCUT2D eigenvalue weighted by molar-refractivity contribution is 7.99. The lowest BCUT2D eigenvalue weighted by Gasteiger charge is -2.00. The summed E-state index contributed by atoms with van der Waals surface area (Å²) in [5, 5.41) is 13.2. The van der Waals surface area contributed by atoms with Crippen molar-refractivity contribution in [1.82, 2.24) is 20.2 Å². The molecule has 0 radical (unpaired) electrons. The lowest BCUT2D eigenvalue weighted by molar-refractivity contribution is 0.569. The van der Waals surface area contributed by atoms with Gasteiger partial charge in [-0.05, 0) is 22.8 Å². The predicted octanol–water partition coefficient (Wildman–Crippen LogP) is 3.26. The SMILES string of the molecule is C=Cc1ccc(Cn2nnc(SCCCC)n2)cc1. The molecule has 19 heavy (non-hydrogen) atoms. The van der Waals surface area contributed by atoms with Crippen LogP contribution in [0.4, 0.5) is 0 Å². The van der Waals surface area contributed by atoms with Crippen LogP contribution in [0.3, 0.4) is 0 Å². The molecule has 0 saturated heterocycles. The van der Waals surface area contributed by atoms with E-state index in [0.717, 1.165) is 22.0 Å². The van der Waals surface area contributed by atoms with Crippen LogP contribution < -0.4 is 0 Å². The molecule has 0 N–H and O–H groups in total. The van der Waals surface area contributed by atoms with Crippen LogP contribution in [-0.4, -0.2) is 26.0 Å². The van der Waals surface area contributed by atoms with E-state index in [1.54, 1.807) is 16.6 Å². The Kier molecular flexibility index (Phi) is 5.15. The molecule has 0 aliphatic rings. The van der Waals surface area contributed by atoms with Crippen molar-refractivity contribution in [2.75, 3.05) is 5.75 Å². The average Bonchev–Trinajstić information content (AvgIpc) is 2.88. The first-order valence-electron chi connectivity index (χ1n) is 6.44. The van der Waals surface area contributed by atoms with Crippen molar-refractivity contribution >= 4 is 17.8 Å². The summed E-state index contributed by atoms with van der Waals surface area (Å²) in [4.78, 5) is 1.64. The highest BCUT2D eigenvalue weighted by Crippen LogP contribution is 2.13. The summed E-state index contributed by atoms with van der Waals surface area (Å²) in [7, 11) is 0. The minimum Gasteiger partial charge on any atom is -0.159 e. The standard InChI is InChI=1S/C14H18N4S/c1-3-5-10-19-14-15-17-18(16-14)11-13-8-6-12(4-2)7-9-13/h4,6-9H,2-3,5,10-11H2,1H3. The van der Waals surface area contributed by atoms with Gasteiger partial charge in [0, 0.05) is 5.75 Å². The molecule has 0 bridgehead atoms. The van der Waals surface area contributed by atoms with Gasteiger partial charge in [0.1, 0.15) is 0 Å². The minimum atomic E-state index is 0.652. The molecular formula is C14H18N4S. The number of thioether (sulfide) groups is 1. The van der Waals surface area contributed by atoms with Crippen molar-refractivity contribution in [2.45, 2.75) is 31.5 Å². The lowest BCUT2D eigenvalue weighted by atomic mass is 10.1. The Morgan fingerprint density at radius 3 is 2.79 bits per heavy atom. The van der Waals surface area contributed by atoms with Gasteiger partial charge >= 0.3 is 0 Å². The van der Waals surface area contributed by atoms with Crippen LogP contribution in [0, 0.1) is 0 Å².